The Morgan fingerprint density at radius 2 is 2.24 bits per heavy atom. The second-order valence-electron chi connectivity index (χ2n) is 4.39. The molecule has 4 heteroatoms. The van der Waals surface area contributed by atoms with Crippen molar-refractivity contribution in [2.45, 2.75) is 19.3 Å². The van der Waals surface area contributed by atoms with Crippen LogP contribution in [0, 0.1) is 5.92 Å². The summed E-state index contributed by atoms with van der Waals surface area (Å²) in [6.07, 6.45) is 2.96. The van der Waals surface area contributed by atoms with Gasteiger partial charge in [0.1, 0.15) is 0 Å². The lowest BCUT2D eigenvalue weighted by Gasteiger charge is -2.01. The molecule has 17 heavy (non-hydrogen) atoms. The van der Waals surface area contributed by atoms with E-state index in [9.17, 15) is 4.79 Å². The standard InChI is InChI=1S/C13H14N2OS/c16-13(9-5-6-9)14-8-7-12-15-10-3-1-2-4-11(10)17-12/h1-4,9H,5-8H2,(H,14,16). The van der Waals surface area contributed by atoms with Crippen molar-refractivity contribution in [3.05, 3.63) is 29.3 Å². The zero-order valence-corrected chi connectivity index (χ0v) is 10.3. The summed E-state index contributed by atoms with van der Waals surface area (Å²) >= 11 is 1.71. The molecule has 88 valence electrons. The van der Waals surface area contributed by atoms with Crippen LogP contribution in [0.5, 0.6) is 0 Å². The molecule has 0 aliphatic heterocycles. The Labute approximate surface area is 104 Å². The van der Waals surface area contributed by atoms with Crippen molar-refractivity contribution in [1.82, 2.24) is 10.3 Å². The Morgan fingerprint density at radius 3 is 3.00 bits per heavy atom. The molecule has 1 saturated carbocycles. The Bertz CT molecular complexity index is 512. The van der Waals surface area contributed by atoms with Crippen molar-refractivity contribution in [2.75, 3.05) is 6.54 Å². The summed E-state index contributed by atoms with van der Waals surface area (Å²) in [5.74, 6) is 0.511. The molecular formula is C13H14N2OS. The van der Waals surface area contributed by atoms with Gasteiger partial charge in [-0.1, -0.05) is 12.1 Å². The molecule has 0 radical (unpaired) electrons. The molecule has 1 aromatic heterocycles. The number of rotatable bonds is 4. The quantitative estimate of drug-likeness (QED) is 0.900. The van der Waals surface area contributed by atoms with Crippen molar-refractivity contribution in [2.24, 2.45) is 5.92 Å². The first-order valence-corrected chi connectivity index (χ1v) is 6.77. The van der Waals surface area contributed by atoms with Crippen molar-refractivity contribution in [1.29, 1.82) is 0 Å². The number of amides is 1. The first kappa shape index (κ1) is 10.7. The van der Waals surface area contributed by atoms with Crippen LogP contribution in [0.3, 0.4) is 0 Å². The summed E-state index contributed by atoms with van der Waals surface area (Å²) in [6.45, 7) is 0.704. The van der Waals surface area contributed by atoms with Gasteiger partial charge in [0.05, 0.1) is 15.2 Å². The molecule has 1 aliphatic carbocycles. The van der Waals surface area contributed by atoms with Gasteiger partial charge in [0.2, 0.25) is 5.91 Å². The summed E-state index contributed by atoms with van der Waals surface area (Å²) in [5, 5.41) is 4.06. The normalized spacial score (nSPS) is 15.1. The van der Waals surface area contributed by atoms with Gasteiger partial charge in [0.25, 0.3) is 0 Å². The van der Waals surface area contributed by atoms with E-state index in [1.807, 2.05) is 18.2 Å². The third-order valence-electron chi connectivity index (χ3n) is 2.92. The number of carbonyl (C=O) groups excluding carboxylic acids is 1. The van der Waals surface area contributed by atoms with E-state index in [4.69, 9.17) is 0 Å². The fourth-order valence-corrected chi connectivity index (χ4v) is 2.78. The number of benzene rings is 1. The summed E-state index contributed by atoms with van der Waals surface area (Å²) in [6, 6.07) is 8.14. The van der Waals surface area contributed by atoms with Crippen LogP contribution in [-0.2, 0) is 11.2 Å². The van der Waals surface area contributed by atoms with E-state index < -0.39 is 0 Å². The number of hydrogen-bond acceptors (Lipinski definition) is 3. The number of nitrogens with one attached hydrogen (secondary N) is 1. The summed E-state index contributed by atoms with van der Waals surface area (Å²) in [4.78, 5) is 16.0. The maximum atomic E-state index is 11.4. The van der Waals surface area contributed by atoms with E-state index in [0.717, 1.165) is 29.8 Å². The first-order chi connectivity index (χ1) is 8.33. The molecule has 3 rings (SSSR count). The Hall–Kier alpha value is -1.42. The predicted molar refractivity (Wildman–Crippen MR) is 69.1 cm³/mol. The van der Waals surface area contributed by atoms with Gasteiger partial charge in [0.15, 0.2) is 0 Å². The smallest absolute Gasteiger partial charge is 0.223 e. The highest BCUT2D eigenvalue weighted by molar-refractivity contribution is 7.18. The van der Waals surface area contributed by atoms with E-state index in [2.05, 4.69) is 16.4 Å². The Morgan fingerprint density at radius 1 is 1.41 bits per heavy atom. The summed E-state index contributed by atoms with van der Waals surface area (Å²) < 4.78 is 1.22. The molecule has 0 spiro atoms. The lowest BCUT2D eigenvalue weighted by molar-refractivity contribution is -0.122. The molecule has 1 aromatic carbocycles. The fourth-order valence-electron chi connectivity index (χ4n) is 1.81. The van der Waals surface area contributed by atoms with Crippen molar-refractivity contribution >= 4 is 27.5 Å². The van der Waals surface area contributed by atoms with E-state index in [1.165, 1.54) is 4.70 Å². The van der Waals surface area contributed by atoms with Crippen molar-refractivity contribution in [3.63, 3.8) is 0 Å². The van der Waals surface area contributed by atoms with E-state index in [1.54, 1.807) is 11.3 Å². The average molecular weight is 246 g/mol. The molecular weight excluding hydrogens is 232 g/mol. The van der Waals surface area contributed by atoms with Crippen LogP contribution >= 0.6 is 11.3 Å². The van der Waals surface area contributed by atoms with Crippen LogP contribution in [0.4, 0.5) is 0 Å². The number of fused-ring (bicyclic) bond motifs is 1. The average Bonchev–Trinajstić information content (AvgIpc) is 3.09. The van der Waals surface area contributed by atoms with Gasteiger partial charge in [-0.3, -0.25) is 4.79 Å². The zero-order valence-electron chi connectivity index (χ0n) is 9.48. The minimum absolute atomic E-state index is 0.214. The third kappa shape index (κ3) is 2.47. The zero-order chi connectivity index (χ0) is 11.7. The molecule has 1 amide bonds. The maximum absolute atomic E-state index is 11.4. The molecule has 1 aliphatic rings. The van der Waals surface area contributed by atoms with Crippen molar-refractivity contribution < 1.29 is 4.79 Å². The number of thiazole rings is 1. The fraction of sp³-hybridized carbons (Fsp3) is 0.385. The maximum Gasteiger partial charge on any atom is 0.223 e. The number of para-hydroxylation sites is 1. The Kier molecular flexibility index (Phi) is 2.81. The first-order valence-electron chi connectivity index (χ1n) is 5.95. The van der Waals surface area contributed by atoms with Crippen molar-refractivity contribution in [3.8, 4) is 0 Å². The van der Waals surface area contributed by atoms with Gasteiger partial charge >= 0.3 is 0 Å². The molecule has 1 N–H and O–H groups in total. The molecule has 3 nitrogen and oxygen atoms in total. The molecule has 0 bridgehead atoms. The van der Waals surface area contributed by atoms with E-state index in [-0.39, 0.29) is 5.91 Å². The molecule has 1 fully saturated rings. The molecule has 0 atom stereocenters. The highest BCUT2D eigenvalue weighted by Gasteiger charge is 2.29. The van der Waals surface area contributed by atoms with Crippen LogP contribution in [0.2, 0.25) is 0 Å². The van der Waals surface area contributed by atoms with Gasteiger partial charge in [-0.25, -0.2) is 4.98 Å². The molecule has 0 saturated heterocycles. The summed E-state index contributed by atoms with van der Waals surface area (Å²) in [7, 11) is 0. The minimum atomic E-state index is 0.214. The Balaban J connectivity index is 1.58. The minimum Gasteiger partial charge on any atom is -0.355 e. The number of aromatic nitrogens is 1. The topological polar surface area (TPSA) is 42.0 Å². The van der Waals surface area contributed by atoms with E-state index >= 15 is 0 Å². The van der Waals surface area contributed by atoms with Crippen LogP contribution in [-0.4, -0.2) is 17.4 Å². The van der Waals surface area contributed by atoms with Crippen LogP contribution in [0.25, 0.3) is 10.2 Å². The van der Waals surface area contributed by atoms with Gasteiger partial charge < -0.3 is 5.32 Å². The largest absolute Gasteiger partial charge is 0.355 e. The number of hydrogen-bond donors (Lipinski definition) is 1. The van der Waals surface area contributed by atoms with Crippen LogP contribution in [0.1, 0.15) is 17.8 Å². The van der Waals surface area contributed by atoms with Crippen LogP contribution < -0.4 is 5.32 Å². The monoisotopic (exact) mass is 246 g/mol. The lowest BCUT2D eigenvalue weighted by Crippen LogP contribution is -2.26. The predicted octanol–water partition coefficient (Wildman–Crippen LogP) is 2.37. The van der Waals surface area contributed by atoms with Gasteiger partial charge in [0, 0.05) is 18.9 Å². The molecule has 2 aromatic rings. The van der Waals surface area contributed by atoms with Gasteiger partial charge in [-0.2, -0.15) is 0 Å². The summed E-state index contributed by atoms with van der Waals surface area (Å²) in [5.41, 5.74) is 1.06. The lowest BCUT2D eigenvalue weighted by atomic mass is 10.3. The van der Waals surface area contributed by atoms with Gasteiger partial charge in [-0.05, 0) is 25.0 Å². The highest BCUT2D eigenvalue weighted by atomic mass is 32.1. The highest BCUT2D eigenvalue weighted by Crippen LogP contribution is 2.28. The number of carbonyl (C=O) groups is 1. The van der Waals surface area contributed by atoms with Gasteiger partial charge in [-0.15, -0.1) is 11.3 Å². The van der Waals surface area contributed by atoms with Crippen LogP contribution in [0.15, 0.2) is 24.3 Å². The molecule has 1 heterocycles. The molecule has 0 unspecified atom stereocenters. The number of nitrogens with zero attached hydrogens (tertiary/aromatic N) is 1. The second kappa shape index (κ2) is 4.45. The SMILES string of the molecule is O=C(NCCc1nc2ccccc2s1)C1CC1. The third-order valence-corrected chi connectivity index (χ3v) is 4.02. The van der Waals surface area contributed by atoms with E-state index in [0.29, 0.717) is 12.5 Å². The second-order valence-corrected chi connectivity index (χ2v) is 5.51.